The first-order valence-corrected chi connectivity index (χ1v) is 12.3. The minimum atomic E-state index is -0.697. The van der Waals surface area contributed by atoms with Crippen molar-refractivity contribution >= 4 is 40.3 Å². The minimum absolute atomic E-state index is 0.329. The van der Waals surface area contributed by atoms with Crippen molar-refractivity contribution in [3.05, 3.63) is 94.9 Å². The molecular formula is C30H27N3O5. The van der Waals surface area contributed by atoms with Crippen molar-refractivity contribution in [3.63, 3.8) is 0 Å². The number of imide groups is 1. The Hall–Kier alpha value is -4.72. The topological polar surface area (TPSA) is 99.5 Å². The van der Waals surface area contributed by atoms with Crippen LogP contribution in [-0.4, -0.2) is 41.1 Å². The third kappa shape index (κ3) is 5.06. The Labute approximate surface area is 219 Å². The Morgan fingerprint density at radius 1 is 1.03 bits per heavy atom. The van der Waals surface area contributed by atoms with Crippen LogP contribution in [0.3, 0.4) is 0 Å². The zero-order valence-corrected chi connectivity index (χ0v) is 21.2. The molecule has 0 bridgehead atoms. The molecule has 0 spiro atoms. The van der Waals surface area contributed by atoms with Crippen LogP contribution in [0.1, 0.15) is 50.5 Å². The van der Waals surface area contributed by atoms with Crippen molar-refractivity contribution in [2.75, 3.05) is 13.7 Å². The van der Waals surface area contributed by atoms with E-state index in [2.05, 4.69) is 11.4 Å². The lowest BCUT2D eigenvalue weighted by Crippen LogP contribution is -2.35. The monoisotopic (exact) mass is 509 g/mol. The Morgan fingerprint density at radius 2 is 1.82 bits per heavy atom. The lowest BCUT2D eigenvalue weighted by molar-refractivity contribution is -0.123. The molecule has 0 fully saturated rings. The first-order chi connectivity index (χ1) is 18.4. The summed E-state index contributed by atoms with van der Waals surface area (Å²) in [5.74, 6) is -1.10. The summed E-state index contributed by atoms with van der Waals surface area (Å²) in [4.78, 5) is 43.0. The number of carbonyl (C=O) groups is 3. The molecule has 1 N–H and O–H groups in total. The summed E-state index contributed by atoms with van der Waals surface area (Å²) in [7, 11) is 3.33. The molecule has 2 aromatic carbocycles. The number of ether oxygens (including phenoxy) is 2. The molecule has 2 aromatic heterocycles. The van der Waals surface area contributed by atoms with Gasteiger partial charge in [-0.2, -0.15) is 0 Å². The number of hydrogen-bond acceptors (Lipinski definition) is 6. The Kier molecular flexibility index (Phi) is 7.04. The number of pyridine rings is 1. The fraction of sp³-hybridized carbons (Fsp3) is 0.200. The van der Waals surface area contributed by atoms with E-state index in [-0.39, 0.29) is 0 Å². The number of aromatic nitrogens is 2. The number of amides is 2. The van der Waals surface area contributed by atoms with Crippen molar-refractivity contribution in [1.82, 2.24) is 14.9 Å². The van der Waals surface area contributed by atoms with Crippen LogP contribution >= 0.6 is 0 Å². The Balaban J connectivity index is 1.43. The number of para-hydroxylation sites is 1. The number of esters is 1. The zero-order valence-electron chi connectivity index (χ0n) is 21.2. The van der Waals surface area contributed by atoms with Crippen LogP contribution in [0.2, 0.25) is 0 Å². The number of allylic oxidation sites excluding steroid dienone is 1. The molecule has 1 aliphatic rings. The number of benzene rings is 2. The zero-order chi connectivity index (χ0) is 26.6. The van der Waals surface area contributed by atoms with Gasteiger partial charge in [0.05, 0.1) is 23.9 Å². The van der Waals surface area contributed by atoms with Gasteiger partial charge in [0.15, 0.2) is 6.61 Å². The largest absolute Gasteiger partial charge is 0.497 e. The first kappa shape index (κ1) is 25.0. The molecule has 2 heterocycles. The first-order valence-electron chi connectivity index (χ1n) is 12.3. The van der Waals surface area contributed by atoms with Gasteiger partial charge in [-0.05, 0) is 72.4 Å². The summed E-state index contributed by atoms with van der Waals surface area (Å²) in [6.45, 7) is -0.574. The average molecular weight is 510 g/mol. The summed E-state index contributed by atoms with van der Waals surface area (Å²) in [6, 6.07) is 18.5. The van der Waals surface area contributed by atoms with Crippen LogP contribution in [0.15, 0.2) is 66.9 Å². The Bertz CT molecular complexity index is 1570. The Morgan fingerprint density at radius 3 is 2.55 bits per heavy atom. The van der Waals surface area contributed by atoms with Crippen LogP contribution in [0.4, 0.5) is 0 Å². The predicted molar refractivity (Wildman–Crippen MR) is 144 cm³/mol. The van der Waals surface area contributed by atoms with E-state index in [0.717, 1.165) is 41.0 Å². The maximum Gasteiger partial charge on any atom is 0.339 e. The van der Waals surface area contributed by atoms with Crippen molar-refractivity contribution < 1.29 is 23.9 Å². The van der Waals surface area contributed by atoms with Crippen molar-refractivity contribution in [2.24, 2.45) is 7.05 Å². The van der Waals surface area contributed by atoms with Crippen molar-refractivity contribution in [3.8, 4) is 5.75 Å². The number of fused-ring (bicyclic) bond motifs is 2. The average Bonchev–Trinajstić information content (AvgIpc) is 3.37. The van der Waals surface area contributed by atoms with E-state index in [0.29, 0.717) is 28.6 Å². The van der Waals surface area contributed by atoms with Gasteiger partial charge in [0, 0.05) is 18.6 Å². The fourth-order valence-corrected chi connectivity index (χ4v) is 4.74. The van der Waals surface area contributed by atoms with Gasteiger partial charge in [-0.1, -0.05) is 30.3 Å². The van der Waals surface area contributed by atoms with Gasteiger partial charge >= 0.3 is 5.97 Å². The van der Waals surface area contributed by atoms with Crippen LogP contribution < -0.4 is 10.1 Å². The number of methoxy groups -OCH3 is 1. The molecule has 0 saturated heterocycles. The molecule has 8 nitrogen and oxygen atoms in total. The van der Waals surface area contributed by atoms with E-state index >= 15 is 0 Å². The second kappa shape index (κ2) is 10.7. The highest BCUT2D eigenvalue weighted by molar-refractivity contribution is 6.08. The molecule has 0 radical (unpaired) electrons. The van der Waals surface area contributed by atoms with E-state index in [4.69, 9.17) is 14.5 Å². The van der Waals surface area contributed by atoms with Gasteiger partial charge in [0.2, 0.25) is 0 Å². The maximum absolute atomic E-state index is 13.4. The van der Waals surface area contributed by atoms with Gasteiger partial charge in [0.1, 0.15) is 11.4 Å². The molecule has 1 aliphatic carbocycles. The fourth-order valence-electron chi connectivity index (χ4n) is 4.74. The third-order valence-corrected chi connectivity index (χ3v) is 6.59. The molecule has 4 aromatic rings. The summed E-state index contributed by atoms with van der Waals surface area (Å²) in [5, 5.41) is 2.93. The minimum Gasteiger partial charge on any atom is -0.497 e. The summed E-state index contributed by atoms with van der Waals surface area (Å²) >= 11 is 0. The molecule has 0 atom stereocenters. The highest BCUT2D eigenvalue weighted by Crippen LogP contribution is 2.36. The van der Waals surface area contributed by atoms with Gasteiger partial charge < -0.3 is 14.0 Å². The molecule has 8 heteroatoms. The number of nitrogens with zero attached hydrogens (tertiary/aromatic N) is 2. The van der Waals surface area contributed by atoms with E-state index in [1.165, 1.54) is 0 Å². The lowest BCUT2D eigenvalue weighted by atomic mass is 9.86. The second-order valence-electron chi connectivity index (χ2n) is 9.09. The molecule has 38 heavy (non-hydrogen) atoms. The van der Waals surface area contributed by atoms with Crippen LogP contribution in [0, 0.1) is 0 Å². The summed E-state index contributed by atoms with van der Waals surface area (Å²) < 4.78 is 12.3. The van der Waals surface area contributed by atoms with Gasteiger partial charge in [-0.15, -0.1) is 0 Å². The number of nitrogens with one attached hydrogen (secondary N) is 1. The standard InChI is InChI=1S/C30H27N3O5/c1-33-16-6-11-25(33)29(35)32-26(34)18-38-30(36)27-22-8-3-4-10-24(22)31-28-20(7-5-9-23(27)28)17-19-12-14-21(37-2)15-13-19/h3-4,6,8,10-17H,5,7,9,18H2,1-2H3,(H,32,34,35). The van der Waals surface area contributed by atoms with E-state index in [1.807, 2.05) is 48.5 Å². The number of carbonyl (C=O) groups excluding carboxylic acids is 3. The van der Waals surface area contributed by atoms with Crippen molar-refractivity contribution in [1.29, 1.82) is 0 Å². The second-order valence-corrected chi connectivity index (χ2v) is 9.09. The van der Waals surface area contributed by atoms with Crippen LogP contribution in [0.25, 0.3) is 22.6 Å². The van der Waals surface area contributed by atoms with Gasteiger partial charge in [-0.25, -0.2) is 9.78 Å². The normalized spacial score (nSPS) is 13.7. The van der Waals surface area contributed by atoms with E-state index in [9.17, 15) is 14.4 Å². The summed E-state index contributed by atoms with van der Waals surface area (Å²) in [6.07, 6.45) is 6.12. The van der Waals surface area contributed by atoms with E-state index < -0.39 is 24.4 Å². The molecule has 2 amide bonds. The van der Waals surface area contributed by atoms with Crippen LogP contribution in [-0.2, 0) is 23.0 Å². The lowest BCUT2D eigenvalue weighted by Gasteiger charge is -2.22. The number of rotatable bonds is 6. The highest BCUT2D eigenvalue weighted by Gasteiger charge is 2.26. The smallest absolute Gasteiger partial charge is 0.339 e. The number of aryl methyl sites for hydroxylation is 1. The van der Waals surface area contributed by atoms with Gasteiger partial charge in [-0.3, -0.25) is 14.9 Å². The maximum atomic E-state index is 13.4. The van der Waals surface area contributed by atoms with Crippen molar-refractivity contribution in [2.45, 2.75) is 19.3 Å². The van der Waals surface area contributed by atoms with E-state index in [1.54, 1.807) is 37.1 Å². The molecular weight excluding hydrogens is 482 g/mol. The molecule has 0 unspecified atom stereocenters. The number of hydrogen-bond donors (Lipinski definition) is 1. The predicted octanol–water partition coefficient (Wildman–Crippen LogP) is 4.57. The van der Waals surface area contributed by atoms with Crippen LogP contribution in [0.5, 0.6) is 5.75 Å². The molecule has 0 aliphatic heterocycles. The molecule has 0 saturated carbocycles. The quantitative estimate of drug-likeness (QED) is 0.382. The molecule has 192 valence electrons. The summed E-state index contributed by atoms with van der Waals surface area (Å²) in [5.41, 5.74) is 5.02. The third-order valence-electron chi connectivity index (χ3n) is 6.59. The highest BCUT2D eigenvalue weighted by atomic mass is 16.5. The SMILES string of the molecule is COc1ccc(C=C2CCCc3c2nc2ccccc2c3C(=O)OCC(=O)NC(=O)c2cccn2C)cc1. The molecule has 5 rings (SSSR count). The van der Waals surface area contributed by atoms with Gasteiger partial charge in [0.25, 0.3) is 11.8 Å².